The zero-order valence-electron chi connectivity index (χ0n) is 9.06. The molecule has 17 heavy (non-hydrogen) atoms. The van der Waals surface area contributed by atoms with E-state index in [-0.39, 0.29) is 11.4 Å². The molecule has 0 bridgehead atoms. The van der Waals surface area contributed by atoms with E-state index in [1.165, 1.54) is 18.2 Å². The molecule has 0 heterocycles. The van der Waals surface area contributed by atoms with E-state index in [0.717, 1.165) is 0 Å². The monoisotopic (exact) mass is 247 g/mol. The fourth-order valence-electron chi connectivity index (χ4n) is 1.19. The Morgan fingerprint density at radius 2 is 2.06 bits per heavy atom. The van der Waals surface area contributed by atoms with Crippen molar-refractivity contribution in [3.05, 3.63) is 18.2 Å². The van der Waals surface area contributed by atoms with Crippen LogP contribution in [0.1, 0.15) is 6.92 Å². The van der Waals surface area contributed by atoms with E-state index < -0.39 is 12.1 Å². The van der Waals surface area contributed by atoms with Gasteiger partial charge in [-0.2, -0.15) is 13.2 Å². The van der Waals surface area contributed by atoms with Crippen LogP contribution in [0.15, 0.2) is 18.2 Å². The number of benzene rings is 1. The topological polar surface area (TPSA) is 67.1 Å². The number of alkyl halides is 3. The predicted octanol–water partition coefficient (Wildman–Crippen LogP) is 2.20. The van der Waals surface area contributed by atoms with Gasteiger partial charge in [0.05, 0.1) is 11.4 Å². The van der Waals surface area contributed by atoms with Gasteiger partial charge in [-0.3, -0.25) is 4.79 Å². The summed E-state index contributed by atoms with van der Waals surface area (Å²) >= 11 is 0. The molecule has 0 saturated heterocycles. The van der Waals surface area contributed by atoms with Gasteiger partial charge in [-0.25, -0.2) is 0 Å². The predicted molar refractivity (Wildman–Crippen MR) is 59.7 cm³/mol. The molecule has 0 unspecified atom stereocenters. The van der Waals surface area contributed by atoms with Gasteiger partial charge in [0, 0.05) is 12.2 Å². The number of nitrogens with two attached hydrogens (primary N) is 1. The first kappa shape index (κ1) is 13.1. The van der Waals surface area contributed by atoms with Crippen LogP contribution >= 0.6 is 0 Å². The molecule has 0 saturated carbocycles. The van der Waals surface area contributed by atoms with Gasteiger partial charge in [0.15, 0.2) is 0 Å². The van der Waals surface area contributed by atoms with Crippen molar-refractivity contribution in [1.29, 1.82) is 0 Å². The van der Waals surface area contributed by atoms with Gasteiger partial charge in [0.2, 0.25) is 0 Å². The smallest absolute Gasteiger partial charge is 0.397 e. The van der Waals surface area contributed by atoms with Crippen molar-refractivity contribution in [2.24, 2.45) is 0 Å². The van der Waals surface area contributed by atoms with Gasteiger partial charge in [-0.15, -0.1) is 0 Å². The van der Waals surface area contributed by atoms with Gasteiger partial charge in [0.1, 0.15) is 0 Å². The number of carbonyl (C=O) groups is 1. The SMILES string of the molecule is CCNc1ccc(NC(=O)C(F)(F)F)cc1N. The van der Waals surface area contributed by atoms with Crippen molar-refractivity contribution < 1.29 is 18.0 Å². The number of hydrogen-bond acceptors (Lipinski definition) is 3. The lowest BCUT2D eigenvalue weighted by molar-refractivity contribution is -0.167. The minimum Gasteiger partial charge on any atom is -0.397 e. The molecule has 4 N–H and O–H groups in total. The van der Waals surface area contributed by atoms with Crippen molar-refractivity contribution in [2.75, 3.05) is 22.9 Å². The molecule has 0 aliphatic heterocycles. The van der Waals surface area contributed by atoms with E-state index in [0.29, 0.717) is 12.2 Å². The normalized spacial score (nSPS) is 11.1. The lowest BCUT2D eigenvalue weighted by atomic mass is 10.2. The van der Waals surface area contributed by atoms with Crippen LogP contribution in [-0.2, 0) is 4.79 Å². The highest BCUT2D eigenvalue weighted by Crippen LogP contribution is 2.24. The molecule has 0 aliphatic carbocycles. The first-order chi connectivity index (χ1) is 7.84. The van der Waals surface area contributed by atoms with Gasteiger partial charge >= 0.3 is 12.1 Å². The minimum absolute atomic E-state index is 0.00600. The number of hydrogen-bond donors (Lipinski definition) is 3. The summed E-state index contributed by atoms with van der Waals surface area (Å²) in [5.74, 6) is -2.02. The van der Waals surface area contributed by atoms with E-state index in [1.807, 2.05) is 6.92 Å². The Hall–Kier alpha value is -1.92. The second-order valence-electron chi connectivity index (χ2n) is 3.28. The van der Waals surface area contributed by atoms with Crippen LogP contribution < -0.4 is 16.4 Å². The number of nitrogens with one attached hydrogen (secondary N) is 2. The summed E-state index contributed by atoms with van der Waals surface area (Å²) in [6.45, 7) is 2.50. The van der Waals surface area contributed by atoms with Crippen LogP contribution in [0.3, 0.4) is 0 Å². The molecular formula is C10H12F3N3O. The summed E-state index contributed by atoms with van der Waals surface area (Å²) in [7, 11) is 0. The third-order valence-corrected chi connectivity index (χ3v) is 1.93. The van der Waals surface area contributed by atoms with E-state index in [4.69, 9.17) is 5.73 Å². The number of anilines is 3. The molecule has 4 nitrogen and oxygen atoms in total. The number of amides is 1. The van der Waals surface area contributed by atoms with Gasteiger partial charge in [0.25, 0.3) is 0 Å². The molecule has 7 heteroatoms. The lowest BCUT2D eigenvalue weighted by Crippen LogP contribution is -2.29. The highest BCUT2D eigenvalue weighted by molar-refractivity contribution is 5.95. The summed E-state index contributed by atoms with van der Waals surface area (Å²) in [4.78, 5) is 10.7. The van der Waals surface area contributed by atoms with Crippen molar-refractivity contribution >= 4 is 23.0 Å². The largest absolute Gasteiger partial charge is 0.471 e. The highest BCUT2D eigenvalue weighted by Gasteiger charge is 2.38. The standard InChI is InChI=1S/C10H12F3N3O/c1-2-15-8-4-3-6(5-7(8)14)16-9(17)10(11,12)13/h3-5,15H,2,14H2,1H3,(H,16,17). The molecule has 0 aliphatic rings. The van der Waals surface area contributed by atoms with E-state index in [2.05, 4.69) is 5.32 Å². The summed E-state index contributed by atoms with van der Waals surface area (Å²) in [6.07, 6.45) is -4.91. The molecule has 1 rings (SSSR count). The minimum atomic E-state index is -4.91. The number of nitrogen functional groups attached to an aromatic ring is 1. The quantitative estimate of drug-likeness (QED) is 0.717. The van der Waals surface area contributed by atoms with Gasteiger partial charge < -0.3 is 16.4 Å². The summed E-state index contributed by atoms with van der Waals surface area (Å²) in [5, 5.41) is 4.65. The van der Waals surface area contributed by atoms with Crippen LogP contribution in [0.25, 0.3) is 0 Å². The Bertz CT molecular complexity index is 418. The maximum atomic E-state index is 12.0. The van der Waals surface area contributed by atoms with Crippen LogP contribution in [0.2, 0.25) is 0 Å². The second-order valence-corrected chi connectivity index (χ2v) is 3.28. The molecular weight excluding hydrogens is 235 g/mol. The molecule has 94 valence electrons. The third kappa shape index (κ3) is 3.54. The molecule has 1 aromatic rings. The Kier molecular flexibility index (Phi) is 3.82. The number of halogens is 3. The van der Waals surface area contributed by atoms with Crippen molar-refractivity contribution in [3.63, 3.8) is 0 Å². The molecule has 0 radical (unpaired) electrons. The molecule has 1 amide bonds. The van der Waals surface area contributed by atoms with E-state index in [1.54, 1.807) is 5.32 Å². The van der Waals surface area contributed by atoms with Gasteiger partial charge in [-0.05, 0) is 25.1 Å². The van der Waals surface area contributed by atoms with Crippen LogP contribution in [0.4, 0.5) is 30.2 Å². The Balaban J connectivity index is 2.81. The zero-order chi connectivity index (χ0) is 13.1. The first-order valence-electron chi connectivity index (χ1n) is 4.86. The summed E-state index contributed by atoms with van der Waals surface area (Å²) < 4.78 is 35.9. The van der Waals surface area contributed by atoms with Crippen molar-refractivity contribution in [1.82, 2.24) is 0 Å². The third-order valence-electron chi connectivity index (χ3n) is 1.93. The second kappa shape index (κ2) is 4.94. The molecule has 0 aromatic heterocycles. The van der Waals surface area contributed by atoms with Crippen molar-refractivity contribution in [2.45, 2.75) is 13.1 Å². The highest BCUT2D eigenvalue weighted by atomic mass is 19.4. The van der Waals surface area contributed by atoms with Gasteiger partial charge in [-0.1, -0.05) is 0 Å². The fourth-order valence-corrected chi connectivity index (χ4v) is 1.19. The molecule has 0 fully saturated rings. The molecule has 1 aromatic carbocycles. The number of carbonyl (C=O) groups excluding carboxylic acids is 1. The molecule has 0 spiro atoms. The lowest BCUT2D eigenvalue weighted by Gasteiger charge is -2.11. The Morgan fingerprint density at radius 1 is 1.41 bits per heavy atom. The van der Waals surface area contributed by atoms with E-state index in [9.17, 15) is 18.0 Å². The van der Waals surface area contributed by atoms with Crippen molar-refractivity contribution in [3.8, 4) is 0 Å². The summed E-state index contributed by atoms with van der Waals surface area (Å²) in [5.41, 5.74) is 6.48. The van der Waals surface area contributed by atoms with Crippen LogP contribution in [-0.4, -0.2) is 18.6 Å². The maximum absolute atomic E-state index is 12.0. The molecule has 0 atom stereocenters. The Morgan fingerprint density at radius 3 is 2.53 bits per heavy atom. The van der Waals surface area contributed by atoms with Crippen LogP contribution in [0.5, 0.6) is 0 Å². The summed E-state index contributed by atoms with van der Waals surface area (Å²) in [6, 6.07) is 4.12. The van der Waals surface area contributed by atoms with E-state index >= 15 is 0 Å². The average molecular weight is 247 g/mol. The number of rotatable bonds is 3. The Labute approximate surface area is 96.0 Å². The van der Waals surface area contributed by atoms with Crippen LogP contribution in [0, 0.1) is 0 Å². The zero-order valence-corrected chi connectivity index (χ0v) is 9.06. The fraction of sp³-hybridized carbons (Fsp3) is 0.300. The average Bonchev–Trinajstić information content (AvgIpc) is 2.21. The maximum Gasteiger partial charge on any atom is 0.471 e. The first-order valence-corrected chi connectivity index (χ1v) is 4.86.